The van der Waals surface area contributed by atoms with Gasteiger partial charge in [-0.3, -0.25) is 4.79 Å². The van der Waals surface area contributed by atoms with Crippen LogP contribution >= 0.6 is 0 Å². The van der Waals surface area contributed by atoms with Crippen molar-refractivity contribution in [1.29, 1.82) is 0 Å². The monoisotopic (exact) mass is 320 g/mol. The van der Waals surface area contributed by atoms with Crippen molar-refractivity contribution >= 4 is 11.6 Å². The van der Waals surface area contributed by atoms with Gasteiger partial charge in [-0.2, -0.15) is 0 Å². The van der Waals surface area contributed by atoms with Crippen LogP contribution in [0.15, 0.2) is 63.9 Å². The second-order valence-corrected chi connectivity index (χ2v) is 5.80. The number of hydrogen-bond donors (Lipinski definition) is 0. The van der Waals surface area contributed by atoms with E-state index in [1.807, 2.05) is 42.5 Å². The van der Waals surface area contributed by atoms with Crippen LogP contribution in [-0.2, 0) is 13.5 Å². The normalized spacial score (nSPS) is 13.1. The first-order valence-corrected chi connectivity index (χ1v) is 7.82. The lowest BCUT2D eigenvalue weighted by molar-refractivity contribution is 0.0970. The van der Waals surface area contributed by atoms with Crippen LogP contribution in [0.3, 0.4) is 0 Å². The van der Waals surface area contributed by atoms with Gasteiger partial charge in [0, 0.05) is 19.3 Å². The van der Waals surface area contributed by atoms with Crippen molar-refractivity contribution in [2.45, 2.75) is 6.42 Å². The van der Waals surface area contributed by atoms with Crippen molar-refractivity contribution in [1.82, 2.24) is 4.74 Å². The van der Waals surface area contributed by atoms with Crippen LogP contribution in [-0.4, -0.2) is 17.2 Å². The van der Waals surface area contributed by atoms with Crippen LogP contribution in [0, 0.1) is 0 Å². The molecule has 0 N–H and O–H groups in total. The molecule has 4 rings (SSSR count). The molecule has 1 amide bonds. The maximum absolute atomic E-state index is 13.1. The number of amides is 1. The number of para-hydroxylation sites is 1. The molecule has 24 heavy (non-hydrogen) atoms. The molecule has 5 nitrogen and oxygen atoms in total. The molecule has 1 aliphatic rings. The molecule has 3 aromatic rings. The van der Waals surface area contributed by atoms with Crippen molar-refractivity contribution in [3.8, 4) is 11.1 Å². The van der Waals surface area contributed by atoms with Gasteiger partial charge in [0.2, 0.25) is 0 Å². The zero-order valence-corrected chi connectivity index (χ0v) is 13.2. The first-order chi connectivity index (χ1) is 11.7. The molecule has 0 fully saturated rings. The Hall–Kier alpha value is -3.08. The predicted molar refractivity (Wildman–Crippen MR) is 91.2 cm³/mol. The Morgan fingerprint density at radius 1 is 1.04 bits per heavy atom. The van der Waals surface area contributed by atoms with E-state index in [1.165, 1.54) is 4.74 Å². The predicted octanol–water partition coefficient (Wildman–Crippen LogP) is 2.85. The van der Waals surface area contributed by atoms with Gasteiger partial charge in [-0.05, 0) is 23.6 Å². The van der Waals surface area contributed by atoms with Gasteiger partial charge in [-0.25, -0.2) is 9.53 Å². The zero-order chi connectivity index (χ0) is 16.7. The Labute approximate surface area is 138 Å². The topological polar surface area (TPSA) is 55.5 Å². The van der Waals surface area contributed by atoms with Gasteiger partial charge in [0.25, 0.3) is 5.91 Å². The van der Waals surface area contributed by atoms with Crippen molar-refractivity contribution < 1.29 is 9.32 Å². The van der Waals surface area contributed by atoms with Crippen molar-refractivity contribution in [3.63, 3.8) is 0 Å². The maximum Gasteiger partial charge on any atom is 0.366 e. The minimum Gasteiger partial charge on any atom is -0.335 e. The van der Waals surface area contributed by atoms with E-state index in [4.69, 9.17) is 4.52 Å². The summed E-state index contributed by atoms with van der Waals surface area (Å²) in [6.07, 6.45) is 0.814. The summed E-state index contributed by atoms with van der Waals surface area (Å²) in [5.74, 6) is -0.216. The number of anilines is 1. The van der Waals surface area contributed by atoms with Crippen LogP contribution in [0.5, 0.6) is 0 Å². The van der Waals surface area contributed by atoms with E-state index in [0.29, 0.717) is 17.7 Å². The van der Waals surface area contributed by atoms with E-state index in [1.54, 1.807) is 24.1 Å². The molecule has 0 saturated carbocycles. The number of carbonyl (C=O) groups excluding carboxylic acids is 1. The molecule has 120 valence electrons. The van der Waals surface area contributed by atoms with Gasteiger partial charge in [-0.15, -0.1) is 0 Å². The molecular weight excluding hydrogens is 304 g/mol. The van der Waals surface area contributed by atoms with E-state index in [0.717, 1.165) is 17.7 Å². The lowest BCUT2D eigenvalue weighted by atomic mass is 10.1. The molecule has 2 heterocycles. The Morgan fingerprint density at radius 2 is 1.75 bits per heavy atom. The standard InChI is InChI=1S/C19H16N2O3/c1-20-17(16(19(23)24-20)14-8-3-2-4-9-14)18(22)21-12-11-13-7-5-6-10-15(13)21/h2-10H,11-12H2,1H3. The first kappa shape index (κ1) is 14.5. The summed E-state index contributed by atoms with van der Waals surface area (Å²) < 4.78 is 6.45. The van der Waals surface area contributed by atoms with Crippen LogP contribution in [0.4, 0.5) is 5.69 Å². The van der Waals surface area contributed by atoms with Gasteiger partial charge in [-0.1, -0.05) is 48.5 Å². The molecule has 5 heteroatoms. The minimum absolute atomic E-state index is 0.216. The molecule has 2 aromatic carbocycles. The summed E-state index contributed by atoms with van der Waals surface area (Å²) in [6, 6.07) is 17.0. The number of benzene rings is 2. The van der Waals surface area contributed by atoms with E-state index < -0.39 is 5.63 Å². The summed E-state index contributed by atoms with van der Waals surface area (Å²) in [4.78, 5) is 27.1. The number of carbonyl (C=O) groups is 1. The lowest BCUT2D eigenvalue weighted by Gasteiger charge is -2.17. The summed E-state index contributed by atoms with van der Waals surface area (Å²) in [5, 5.41) is 0. The second kappa shape index (κ2) is 5.53. The van der Waals surface area contributed by atoms with E-state index in [9.17, 15) is 9.59 Å². The number of fused-ring (bicyclic) bond motifs is 1. The maximum atomic E-state index is 13.1. The molecule has 0 spiro atoms. The Kier molecular flexibility index (Phi) is 3.34. The lowest BCUT2D eigenvalue weighted by Crippen LogP contribution is -2.31. The SMILES string of the molecule is Cn1oc(=O)c(-c2ccccc2)c1C(=O)N1CCc2ccccc21. The summed E-state index contributed by atoms with van der Waals surface area (Å²) in [6.45, 7) is 0.603. The van der Waals surface area contributed by atoms with Crippen molar-refractivity contribution in [3.05, 3.63) is 76.3 Å². The molecule has 0 atom stereocenters. The number of aromatic nitrogens is 1. The Morgan fingerprint density at radius 3 is 2.54 bits per heavy atom. The third kappa shape index (κ3) is 2.17. The zero-order valence-electron chi connectivity index (χ0n) is 13.2. The number of aryl methyl sites for hydroxylation is 1. The smallest absolute Gasteiger partial charge is 0.335 e. The van der Waals surface area contributed by atoms with Gasteiger partial charge >= 0.3 is 5.63 Å². The second-order valence-electron chi connectivity index (χ2n) is 5.80. The van der Waals surface area contributed by atoms with Gasteiger partial charge < -0.3 is 9.42 Å². The Bertz CT molecular complexity index is 970. The highest BCUT2D eigenvalue weighted by Crippen LogP contribution is 2.30. The fraction of sp³-hybridized carbons (Fsp3) is 0.158. The molecule has 0 bridgehead atoms. The molecular formula is C19H16N2O3. The van der Waals surface area contributed by atoms with Crippen molar-refractivity contribution in [2.75, 3.05) is 11.4 Å². The molecule has 1 aromatic heterocycles. The minimum atomic E-state index is -0.500. The average molecular weight is 320 g/mol. The molecule has 0 unspecified atom stereocenters. The highest BCUT2D eigenvalue weighted by molar-refractivity contribution is 6.09. The highest BCUT2D eigenvalue weighted by atomic mass is 16.5. The number of rotatable bonds is 2. The molecule has 0 saturated heterocycles. The number of hydrogen-bond acceptors (Lipinski definition) is 3. The third-order valence-corrected chi connectivity index (χ3v) is 4.37. The van der Waals surface area contributed by atoms with E-state index in [-0.39, 0.29) is 11.6 Å². The van der Waals surface area contributed by atoms with E-state index in [2.05, 4.69) is 0 Å². The summed E-state index contributed by atoms with van der Waals surface area (Å²) >= 11 is 0. The quantitative estimate of drug-likeness (QED) is 0.729. The molecule has 0 radical (unpaired) electrons. The fourth-order valence-electron chi connectivity index (χ4n) is 3.25. The van der Waals surface area contributed by atoms with Gasteiger partial charge in [0.15, 0.2) is 5.69 Å². The van der Waals surface area contributed by atoms with E-state index >= 15 is 0 Å². The van der Waals surface area contributed by atoms with Crippen LogP contribution in [0.25, 0.3) is 11.1 Å². The third-order valence-electron chi connectivity index (χ3n) is 4.37. The van der Waals surface area contributed by atoms with Crippen LogP contribution < -0.4 is 10.5 Å². The van der Waals surface area contributed by atoms with Crippen LogP contribution in [0.1, 0.15) is 16.1 Å². The first-order valence-electron chi connectivity index (χ1n) is 7.82. The van der Waals surface area contributed by atoms with Crippen LogP contribution in [0.2, 0.25) is 0 Å². The number of nitrogens with zero attached hydrogens (tertiary/aromatic N) is 2. The molecule has 0 aliphatic carbocycles. The highest BCUT2D eigenvalue weighted by Gasteiger charge is 2.31. The largest absolute Gasteiger partial charge is 0.366 e. The van der Waals surface area contributed by atoms with Gasteiger partial charge in [0.1, 0.15) is 5.56 Å². The summed E-state index contributed by atoms with van der Waals surface area (Å²) in [7, 11) is 1.59. The van der Waals surface area contributed by atoms with Gasteiger partial charge in [0.05, 0.1) is 0 Å². The molecule has 1 aliphatic heterocycles. The van der Waals surface area contributed by atoms with Crippen molar-refractivity contribution in [2.24, 2.45) is 7.05 Å². The fourth-order valence-corrected chi connectivity index (χ4v) is 3.25. The average Bonchev–Trinajstić information content (AvgIpc) is 3.15. The Balaban J connectivity index is 1.84. The summed E-state index contributed by atoms with van der Waals surface area (Å²) in [5.41, 5.74) is 2.81.